The van der Waals surface area contributed by atoms with Crippen LogP contribution in [0.4, 0.5) is 5.69 Å². The van der Waals surface area contributed by atoms with Gasteiger partial charge in [-0.15, -0.1) is 0 Å². The Kier molecular flexibility index (Phi) is 5.34. The number of halogens is 2. The molecule has 1 aromatic carbocycles. The van der Waals surface area contributed by atoms with Crippen molar-refractivity contribution in [2.45, 2.75) is 44.7 Å². The van der Waals surface area contributed by atoms with Gasteiger partial charge >= 0.3 is 0 Å². The van der Waals surface area contributed by atoms with E-state index in [1.54, 1.807) is 0 Å². The van der Waals surface area contributed by atoms with Crippen molar-refractivity contribution in [3.8, 4) is 0 Å². The van der Waals surface area contributed by atoms with Crippen molar-refractivity contribution < 1.29 is 0 Å². The molecule has 0 saturated carbocycles. The minimum absolute atomic E-state index is 0.440. The van der Waals surface area contributed by atoms with E-state index in [-0.39, 0.29) is 0 Å². The lowest BCUT2D eigenvalue weighted by molar-refractivity contribution is 0.371. The SMILES string of the molecule is CC(CC1CCCCN1)Nc1cccc(Cl)c1Br. The fourth-order valence-electron chi connectivity index (χ4n) is 2.49. The molecule has 2 nitrogen and oxygen atoms in total. The molecule has 1 aliphatic rings. The van der Waals surface area contributed by atoms with E-state index in [0.717, 1.165) is 28.1 Å². The highest BCUT2D eigenvalue weighted by Gasteiger charge is 2.16. The quantitative estimate of drug-likeness (QED) is 0.852. The number of rotatable bonds is 4. The van der Waals surface area contributed by atoms with Gasteiger partial charge in [0.15, 0.2) is 0 Å². The zero-order chi connectivity index (χ0) is 13.0. The zero-order valence-corrected chi connectivity index (χ0v) is 13.0. The molecule has 0 bridgehead atoms. The molecule has 1 aromatic rings. The molecular formula is C14H20BrClN2. The van der Waals surface area contributed by atoms with Crippen LogP contribution in [0, 0.1) is 0 Å². The summed E-state index contributed by atoms with van der Waals surface area (Å²) in [5.41, 5.74) is 1.07. The Morgan fingerprint density at radius 1 is 1.50 bits per heavy atom. The molecule has 1 fully saturated rings. The third kappa shape index (κ3) is 3.87. The van der Waals surface area contributed by atoms with Crippen molar-refractivity contribution in [2.75, 3.05) is 11.9 Å². The third-order valence-corrected chi connectivity index (χ3v) is 4.80. The van der Waals surface area contributed by atoms with Crippen LogP contribution in [0.3, 0.4) is 0 Å². The van der Waals surface area contributed by atoms with Crippen LogP contribution in [0.5, 0.6) is 0 Å². The summed E-state index contributed by atoms with van der Waals surface area (Å²) in [6, 6.07) is 7.01. The van der Waals surface area contributed by atoms with Crippen molar-refractivity contribution in [2.24, 2.45) is 0 Å². The number of benzene rings is 1. The third-order valence-electron chi connectivity index (χ3n) is 3.40. The number of nitrogens with one attached hydrogen (secondary N) is 2. The van der Waals surface area contributed by atoms with Crippen molar-refractivity contribution in [1.82, 2.24) is 5.32 Å². The van der Waals surface area contributed by atoms with Crippen LogP contribution in [0.25, 0.3) is 0 Å². The van der Waals surface area contributed by atoms with Gasteiger partial charge in [0.25, 0.3) is 0 Å². The molecule has 0 aromatic heterocycles. The smallest absolute Gasteiger partial charge is 0.0593 e. The Morgan fingerprint density at radius 3 is 3.06 bits per heavy atom. The number of hydrogen-bond donors (Lipinski definition) is 2. The molecule has 0 spiro atoms. The minimum atomic E-state index is 0.440. The first kappa shape index (κ1) is 14.2. The second kappa shape index (κ2) is 6.78. The van der Waals surface area contributed by atoms with Gasteiger partial charge in [-0.25, -0.2) is 0 Å². The van der Waals surface area contributed by atoms with Crippen LogP contribution in [-0.2, 0) is 0 Å². The van der Waals surface area contributed by atoms with Gasteiger partial charge in [-0.1, -0.05) is 24.1 Å². The first-order valence-electron chi connectivity index (χ1n) is 6.60. The van der Waals surface area contributed by atoms with E-state index in [0.29, 0.717) is 12.1 Å². The van der Waals surface area contributed by atoms with E-state index < -0.39 is 0 Å². The average molecular weight is 332 g/mol. The molecule has 2 rings (SSSR count). The highest BCUT2D eigenvalue weighted by molar-refractivity contribution is 9.10. The predicted octanol–water partition coefficient (Wildman–Crippen LogP) is 4.44. The largest absolute Gasteiger partial charge is 0.382 e. The number of hydrogen-bond acceptors (Lipinski definition) is 2. The predicted molar refractivity (Wildman–Crippen MR) is 82.5 cm³/mol. The summed E-state index contributed by atoms with van der Waals surface area (Å²) in [5, 5.41) is 7.86. The second-order valence-electron chi connectivity index (χ2n) is 5.03. The fraction of sp³-hybridized carbons (Fsp3) is 0.571. The number of piperidine rings is 1. The second-order valence-corrected chi connectivity index (χ2v) is 6.23. The molecule has 2 N–H and O–H groups in total. The topological polar surface area (TPSA) is 24.1 Å². The normalized spacial score (nSPS) is 21.6. The Balaban J connectivity index is 1.90. The van der Waals surface area contributed by atoms with Gasteiger partial charge in [0, 0.05) is 12.1 Å². The maximum absolute atomic E-state index is 6.09. The summed E-state index contributed by atoms with van der Waals surface area (Å²) >= 11 is 9.61. The average Bonchev–Trinajstić information content (AvgIpc) is 2.36. The Bertz CT molecular complexity index is 391. The maximum Gasteiger partial charge on any atom is 0.0593 e. The van der Waals surface area contributed by atoms with Crippen LogP contribution in [0.1, 0.15) is 32.6 Å². The van der Waals surface area contributed by atoms with Gasteiger partial charge in [0.05, 0.1) is 15.2 Å². The van der Waals surface area contributed by atoms with Crippen LogP contribution >= 0.6 is 27.5 Å². The van der Waals surface area contributed by atoms with E-state index in [2.05, 4.69) is 39.6 Å². The molecule has 0 amide bonds. The van der Waals surface area contributed by atoms with Crippen LogP contribution in [-0.4, -0.2) is 18.6 Å². The zero-order valence-electron chi connectivity index (χ0n) is 10.7. The lowest BCUT2D eigenvalue weighted by atomic mass is 9.99. The first-order valence-corrected chi connectivity index (χ1v) is 7.78. The van der Waals surface area contributed by atoms with Crippen LogP contribution in [0.2, 0.25) is 5.02 Å². The Hall–Kier alpha value is -0.250. The van der Waals surface area contributed by atoms with E-state index in [1.165, 1.54) is 19.3 Å². The Morgan fingerprint density at radius 2 is 2.33 bits per heavy atom. The van der Waals surface area contributed by atoms with Gasteiger partial charge in [-0.3, -0.25) is 0 Å². The Labute approximate surface area is 123 Å². The molecule has 0 radical (unpaired) electrons. The van der Waals surface area contributed by atoms with Gasteiger partial charge < -0.3 is 10.6 Å². The molecule has 2 atom stereocenters. The standard InChI is InChI=1S/C14H20BrClN2/c1-10(9-11-5-2-3-8-17-11)18-13-7-4-6-12(16)14(13)15/h4,6-7,10-11,17-18H,2-3,5,8-9H2,1H3. The van der Waals surface area contributed by atoms with Crippen molar-refractivity contribution in [3.63, 3.8) is 0 Å². The van der Waals surface area contributed by atoms with Gasteiger partial charge in [0.1, 0.15) is 0 Å². The van der Waals surface area contributed by atoms with Crippen LogP contribution in [0.15, 0.2) is 22.7 Å². The summed E-state index contributed by atoms with van der Waals surface area (Å²) in [4.78, 5) is 0. The molecule has 1 aliphatic heterocycles. The van der Waals surface area contributed by atoms with Crippen LogP contribution < -0.4 is 10.6 Å². The summed E-state index contributed by atoms with van der Waals surface area (Å²) in [5.74, 6) is 0. The molecule has 1 heterocycles. The summed E-state index contributed by atoms with van der Waals surface area (Å²) in [6.45, 7) is 3.39. The van der Waals surface area contributed by atoms with Gasteiger partial charge in [-0.05, 0) is 60.8 Å². The summed E-state index contributed by atoms with van der Waals surface area (Å²) in [6.07, 6.45) is 5.12. The molecule has 4 heteroatoms. The molecule has 2 unspecified atom stereocenters. The molecular weight excluding hydrogens is 312 g/mol. The van der Waals surface area contributed by atoms with Crippen molar-refractivity contribution in [1.29, 1.82) is 0 Å². The van der Waals surface area contributed by atoms with E-state index in [9.17, 15) is 0 Å². The van der Waals surface area contributed by atoms with E-state index >= 15 is 0 Å². The van der Waals surface area contributed by atoms with Crippen molar-refractivity contribution >= 4 is 33.2 Å². The highest BCUT2D eigenvalue weighted by atomic mass is 79.9. The maximum atomic E-state index is 6.09. The van der Waals surface area contributed by atoms with Gasteiger partial charge in [-0.2, -0.15) is 0 Å². The monoisotopic (exact) mass is 330 g/mol. The first-order chi connectivity index (χ1) is 8.66. The van der Waals surface area contributed by atoms with E-state index in [4.69, 9.17) is 11.6 Å². The molecule has 0 aliphatic carbocycles. The van der Waals surface area contributed by atoms with Gasteiger partial charge in [0.2, 0.25) is 0 Å². The van der Waals surface area contributed by atoms with E-state index in [1.807, 2.05) is 12.1 Å². The molecule has 18 heavy (non-hydrogen) atoms. The summed E-state index contributed by atoms with van der Waals surface area (Å²) in [7, 11) is 0. The highest BCUT2D eigenvalue weighted by Crippen LogP contribution is 2.30. The number of anilines is 1. The molecule has 1 saturated heterocycles. The van der Waals surface area contributed by atoms with Crippen molar-refractivity contribution in [3.05, 3.63) is 27.7 Å². The lowest BCUT2D eigenvalue weighted by Crippen LogP contribution is -2.37. The fourth-order valence-corrected chi connectivity index (χ4v) is 3.04. The minimum Gasteiger partial charge on any atom is -0.382 e. The molecule has 100 valence electrons. The summed E-state index contributed by atoms with van der Waals surface area (Å²) < 4.78 is 0.954. The lowest BCUT2D eigenvalue weighted by Gasteiger charge is -2.27.